The van der Waals surface area contributed by atoms with Gasteiger partial charge in [0, 0.05) is 4.75 Å². The summed E-state index contributed by atoms with van der Waals surface area (Å²) in [5.41, 5.74) is 0. The first-order valence-electron chi connectivity index (χ1n) is 4.81. The average Bonchev–Trinajstić information content (AvgIpc) is 1.92. The molecule has 1 nitrogen and oxygen atoms in total. The third kappa shape index (κ3) is 2.40. The Hall–Kier alpha value is 0.310. The van der Waals surface area contributed by atoms with E-state index in [2.05, 4.69) is 33.4 Å². The van der Waals surface area contributed by atoms with E-state index in [9.17, 15) is 5.11 Å². The zero-order valence-electron chi connectivity index (χ0n) is 8.25. The molecule has 1 aliphatic carbocycles. The molecule has 1 fully saturated rings. The van der Waals surface area contributed by atoms with E-state index in [1.54, 1.807) is 0 Å². The smallest absolute Gasteiger partial charge is 0.0581 e. The van der Waals surface area contributed by atoms with E-state index in [1.165, 1.54) is 6.42 Å². The molecule has 0 spiro atoms. The van der Waals surface area contributed by atoms with E-state index >= 15 is 0 Å². The van der Waals surface area contributed by atoms with Crippen LogP contribution in [0.25, 0.3) is 0 Å². The number of thiol groups is 1. The van der Waals surface area contributed by atoms with Crippen LogP contribution in [0.4, 0.5) is 0 Å². The van der Waals surface area contributed by atoms with Gasteiger partial charge in [0.15, 0.2) is 0 Å². The predicted octanol–water partition coefficient (Wildman–Crippen LogP) is 2.49. The Morgan fingerprint density at radius 1 is 1.33 bits per heavy atom. The molecule has 1 N–H and O–H groups in total. The minimum atomic E-state index is -0.131. The zero-order valence-corrected chi connectivity index (χ0v) is 9.14. The van der Waals surface area contributed by atoms with Crippen molar-refractivity contribution in [1.29, 1.82) is 0 Å². The molecule has 72 valence electrons. The van der Waals surface area contributed by atoms with Gasteiger partial charge in [-0.2, -0.15) is 12.6 Å². The van der Waals surface area contributed by atoms with Gasteiger partial charge in [0.05, 0.1) is 6.10 Å². The fourth-order valence-corrected chi connectivity index (χ4v) is 2.40. The predicted molar refractivity (Wildman–Crippen MR) is 55.6 cm³/mol. The lowest BCUT2D eigenvalue weighted by atomic mass is 9.74. The van der Waals surface area contributed by atoms with Crippen LogP contribution in [0.3, 0.4) is 0 Å². The van der Waals surface area contributed by atoms with Gasteiger partial charge < -0.3 is 5.11 Å². The molecule has 1 saturated carbocycles. The van der Waals surface area contributed by atoms with Crippen molar-refractivity contribution < 1.29 is 5.11 Å². The minimum absolute atomic E-state index is 0.0336. The first kappa shape index (κ1) is 10.4. The molecule has 3 atom stereocenters. The van der Waals surface area contributed by atoms with Crippen LogP contribution >= 0.6 is 12.6 Å². The summed E-state index contributed by atoms with van der Waals surface area (Å²) in [7, 11) is 0. The molecule has 0 heterocycles. The highest BCUT2D eigenvalue weighted by Crippen LogP contribution is 2.38. The Labute approximate surface area is 81.0 Å². The maximum Gasteiger partial charge on any atom is 0.0581 e. The molecule has 0 aliphatic heterocycles. The molecule has 2 heteroatoms. The maximum absolute atomic E-state index is 9.77. The molecule has 0 aromatic rings. The molecule has 12 heavy (non-hydrogen) atoms. The van der Waals surface area contributed by atoms with Crippen molar-refractivity contribution in [1.82, 2.24) is 0 Å². The summed E-state index contributed by atoms with van der Waals surface area (Å²) in [6, 6.07) is 0. The van der Waals surface area contributed by atoms with Crippen molar-refractivity contribution in [2.45, 2.75) is 50.9 Å². The van der Waals surface area contributed by atoms with Gasteiger partial charge in [-0.3, -0.25) is 0 Å². The Balaban J connectivity index is 2.61. The lowest BCUT2D eigenvalue weighted by molar-refractivity contribution is 0.0374. The maximum atomic E-state index is 9.77. The topological polar surface area (TPSA) is 20.2 Å². The van der Waals surface area contributed by atoms with Crippen LogP contribution in [0.2, 0.25) is 0 Å². The molecule has 0 amide bonds. The standard InChI is InChI=1S/C10H20OS/c1-7-4-5-9(11)8(6-7)10(2,3)12/h7-9,11-12H,4-6H2,1-3H3/t7-,8-,9-/m1/s1. The Bertz CT molecular complexity index is 150. The van der Waals surface area contributed by atoms with Crippen LogP contribution in [-0.2, 0) is 0 Å². The fraction of sp³-hybridized carbons (Fsp3) is 1.00. The van der Waals surface area contributed by atoms with E-state index in [0.717, 1.165) is 18.8 Å². The second-order valence-electron chi connectivity index (χ2n) is 4.75. The zero-order chi connectivity index (χ0) is 9.35. The van der Waals surface area contributed by atoms with E-state index in [1.807, 2.05) is 0 Å². The van der Waals surface area contributed by atoms with Crippen LogP contribution in [-0.4, -0.2) is 16.0 Å². The van der Waals surface area contributed by atoms with Gasteiger partial charge in [0.1, 0.15) is 0 Å². The van der Waals surface area contributed by atoms with E-state index in [-0.39, 0.29) is 10.9 Å². The number of rotatable bonds is 1. The highest BCUT2D eigenvalue weighted by Gasteiger charge is 2.35. The highest BCUT2D eigenvalue weighted by molar-refractivity contribution is 7.81. The molecule has 0 saturated heterocycles. The number of hydrogen-bond donors (Lipinski definition) is 2. The van der Waals surface area contributed by atoms with Crippen LogP contribution in [0.1, 0.15) is 40.0 Å². The minimum Gasteiger partial charge on any atom is -0.393 e. The molecular weight excluding hydrogens is 168 g/mol. The molecular formula is C10H20OS. The van der Waals surface area contributed by atoms with Gasteiger partial charge in [0.25, 0.3) is 0 Å². The van der Waals surface area contributed by atoms with Gasteiger partial charge in [-0.25, -0.2) is 0 Å². The summed E-state index contributed by atoms with van der Waals surface area (Å²) in [4.78, 5) is 0. The summed E-state index contributed by atoms with van der Waals surface area (Å²) in [6.45, 7) is 6.46. The van der Waals surface area contributed by atoms with Crippen molar-refractivity contribution in [2.24, 2.45) is 11.8 Å². The summed E-state index contributed by atoms with van der Waals surface area (Å²) in [5, 5.41) is 9.77. The van der Waals surface area contributed by atoms with E-state index < -0.39 is 0 Å². The van der Waals surface area contributed by atoms with Gasteiger partial charge >= 0.3 is 0 Å². The SMILES string of the molecule is C[C@@H]1CC[C@@H](O)[C@H](C(C)(C)S)C1. The average molecular weight is 188 g/mol. The fourth-order valence-electron chi connectivity index (χ4n) is 2.12. The second-order valence-corrected chi connectivity index (χ2v) is 5.90. The number of aliphatic hydroxyl groups is 1. The summed E-state index contributed by atoms with van der Waals surface area (Å²) in [5.74, 6) is 1.12. The molecule has 0 aromatic carbocycles. The monoisotopic (exact) mass is 188 g/mol. The van der Waals surface area contributed by atoms with Gasteiger partial charge in [-0.1, -0.05) is 20.8 Å². The molecule has 0 radical (unpaired) electrons. The third-order valence-electron chi connectivity index (χ3n) is 2.98. The third-order valence-corrected chi connectivity index (χ3v) is 3.32. The normalized spacial score (nSPS) is 38.2. The Kier molecular flexibility index (Phi) is 3.11. The van der Waals surface area contributed by atoms with Crippen molar-refractivity contribution in [3.8, 4) is 0 Å². The molecule has 1 rings (SSSR count). The van der Waals surface area contributed by atoms with Crippen LogP contribution in [0.5, 0.6) is 0 Å². The first-order chi connectivity index (χ1) is 5.41. The lowest BCUT2D eigenvalue weighted by Crippen LogP contribution is -2.39. The van der Waals surface area contributed by atoms with Crippen LogP contribution < -0.4 is 0 Å². The van der Waals surface area contributed by atoms with Gasteiger partial charge in [-0.15, -0.1) is 0 Å². The molecule has 0 aromatic heterocycles. The summed E-state index contributed by atoms with van der Waals surface area (Å²) >= 11 is 4.54. The first-order valence-corrected chi connectivity index (χ1v) is 5.26. The number of aliphatic hydroxyl groups excluding tert-OH is 1. The quantitative estimate of drug-likeness (QED) is 0.606. The molecule has 0 bridgehead atoms. The Morgan fingerprint density at radius 3 is 2.33 bits per heavy atom. The highest BCUT2D eigenvalue weighted by atomic mass is 32.1. The van der Waals surface area contributed by atoms with Gasteiger partial charge in [-0.05, 0) is 31.1 Å². The second kappa shape index (κ2) is 3.59. The molecule has 1 aliphatic rings. The van der Waals surface area contributed by atoms with E-state index in [0.29, 0.717) is 5.92 Å². The number of hydrogen-bond acceptors (Lipinski definition) is 2. The van der Waals surface area contributed by atoms with Gasteiger partial charge in [0.2, 0.25) is 0 Å². The van der Waals surface area contributed by atoms with Crippen molar-refractivity contribution in [3.63, 3.8) is 0 Å². The Morgan fingerprint density at radius 2 is 1.92 bits per heavy atom. The van der Waals surface area contributed by atoms with Crippen molar-refractivity contribution >= 4 is 12.6 Å². The summed E-state index contributed by atoms with van der Waals surface area (Å²) in [6.07, 6.45) is 3.11. The van der Waals surface area contributed by atoms with Crippen molar-refractivity contribution in [2.75, 3.05) is 0 Å². The van der Waals surface area contributed by atoms with Crippen molar-refractivity contribution in [3.05, 3.63) is 0 Å². The largest absolute Gasteiger partial charge is 0.393 e. The molecule has 0 unspecified atom stereocenters. The lowest BCUT2D eigenvalue weighted by Gasteiger charge is -2.39. The van der Waals surface area contributed by atoms with Crippen LogP contribution in [0.15, 0.2) is 0 Å². The van der Waals surface area contributed by atoms with E-state index in [4.69, 9.17) is 0 Å². The summed E-state index contributed by atoms with van der Waals surface area (Å²) < 4.78 is -0.0336. The van der Waals surface area contributed by atoms with Crippen LogP contribution in [0, 0.1) is 11.8 Å².